The molecule has 0 bridgehead atoms. The number of hydrogen-bond acceptors (Lipinski definition) is 4. The Bertz CT molecular complexity index is 370. The summed E-state index contributed by atoms with van der Waals surface area (Å²) in [5.41, 5.74) is 0. The third-order valence-electron chi connectivity index (χ3n) is 2.87. The fraction of sp³-hybridized carbons (Fsp3) is 1.00. The molecule has 0 spiro atoms. The van der Waals surface area contributed by atoms with Crippen molar-refractivity contribution in [2.45, 2.75) is 55.9 Å². The van der Waals surface area contributed by atoms with Crippen molar-refractivity contribution in [2.24, 2.45) is 0 Å². The van der Waals surface area contributed by atoms with E-state index in [1.54, 1.807) is 0 Å². The Balaban J connectivity index is 5.05. The molecule has 0 aromatic rings. The van der Waals surface area contributed by atoms with Crippen LogP contribution >= 0.6 is 0 Å². The van der Waals surface area contributed by atoms with E-state index in [1.165, 1.54) is 0 Å². The van der Waals surface area contributed by atoms with Gasteiger partial charge in [0.05, 0.1) is 0 Å². The predicted molar refractivity (Wildman–Crippen MR) is 74.5 cm³/mol. The largest absolute Gasteiger partial charge is 0.422 e. The van der Waals surface area contributed by atoms with Crippen LogP contribution in [0.2, 0.25) is 18.1 Å². The summed E-state index contributed by atoms with van der Waals surface area (Å²) < 4.78 is 120. The minimum absolute atomic E-state index is 0.829. The molecule has 0 saturated heterocycles. The fourth-order valence-corrected chi connectivity index (χ4v) is 9.45. The van der Waals surface area contributed by atoms with Crippen molar-refractivity contribution in [1.29, 1.82) is 0 Å². The lowest BCUT2D eigenvalue weighted by Gasteiger charge is -2.30. The van der Waals surface area contributed by atoms with Gasteiger partial charge in [0.15, 0.2) is 0 Å². The SMILES string of the molecule is O[SiH2]O[SiH](CCC(F)(F)F)O[Si](O)(CCC(F)(F)F)CCC(F)(F)F. The molecule has 4 nitrogen and oxygen atoms in total. The topological polar surface area (TPSA) is 58.9 Å². The van der Waals surface area contributed by atoms with Crippen molar-refractivity contribution in [3.63, 3.8) is 0 Å². The van der Waals surface area contributed by atoms with Crippen molar-refractivity contribution >= 4 is 27.9 Å². The van der Waals surface area contributed by atoms with Crippen LogP contribution in [0.1, 0.15) is 19.3 Å². The van der Waals surface area contributed by atoms with Gasteiger partial charge in [0, 0.05) is 19.3 Å². The van der Waals surface area contributed by atoms with E-state index in [0.29, 0.717) is 0 Å². The minimum atomic E-state index is -4.78. The monoisotopic (exact) mass is 444 g/mol. The van der Waals surface area contributed by atoms with Crippen molar-refractivity contribution in [2.75, 3.05) is 0 Å². The molecule has 0 fully saturated rings. The number of halogens is 9. The molecular formula is C9H17F9O4Si3. The summed E-state index contributed by atoms with van der Waals surface area (Å²) in [6.07, 6.45) is -18.9. The van der Waals surface area contributed by atoms with Gasteiger partial charge in [-0.2, -0.15) is 39.5 Å². The summed E-state index contributed by atoms with van der Waals surface area (Å²) >= 11 is 0. The van der Waals surface area contributed by atoms with Crippen LogP contribution in [0.4, 0.5) is 39.5 Å². The summed E-state index contributed by atoms with van der Waals surface area (Å²) in [6.45, 7) is 0. The zero-order valence-electron chi connectivity index (χ0n) is 12.6. The standard InChI is InChI=1S/C9H17F9O4Si3/c10-7(11,12)1-4-24(21-23-19)22-25(20,5-2-8(13,14)15)6-3-9(16,17)18/h19-20,24H,1-6,23H2. The molecular weight excluding hydrogens is 427 g/mol. The molecule has 0 saturated carbocycles. The molecule has 2 N–H and O–H groups in total. The van der Waals surface area contributed by atoms with E-state index in [9.17, 15) is 44.3 Å². The molecule has 0 rings (SSSR count). The predicted octanol–water partition coefficient (Wildman–Crippen LogP) is 2.52. The van der Waals surface area contributed by atoms with Gasteiger partial charge in [-0.25, -0.2) is 0 Å². The molecule has 152 valence electrons. The number of hydrogen-bond donors (Lipinski definition) is 2. The van der Waals surface area contributed by atoms with Gasteiger partial charge in [0.1, 0.15) is 0 Å². The number of alkyl halides is 9. The molecule has 0 aromatic heterocycles. The van der Waals surface area contributed by atoms with E-state index in [-0.39, 0.29) is 0 Å². The average molecular weight is 444 g/mol. The van der Waals surface area contributed by atoms with Gasteiger partial charge in [0.25, 0.3) is 10.0 Å². The molecule has 0 aliphatic heterocycles. The van der Waals surface area contributed by atoms with E-state index >= 15 is 0 Å². The first-order valence-electron chi connectivity index (χ1n) is 6.88. The van der Waals surface area contributed by atoms with Gasteiger partial charge in [-0.3, -0.25) is 0 Å². The smallest absolute Gasteiger partial charge is 0.389 e. The first kappa shape index (κ1) is 24.9. The van der Waals surface area contributed by atoms with Crippen molar-refractivity contribution in [3.05, 3.63) is 0 Å². The Morgan fingerprint density at radius 2 is 1.20 bits per heavy atom. The molecule has 1 unspecified atom stereocenters. The second-order valence-electron chi connectivity index (χ2n) is 5.17. The van der Waals surface area contributed by atoms with Gasteiger partial charge in [-0.05, 0) is 18.1 Å². The Morgan fingerprint density at radius 3 is 1.52 bits per heavy atom. The van der Waals surface area contributed by atoms with Crippen LogP contribution in [-0.2, 0) is 8.23 Å². The highest BCUT2D eigenvalue weighted by molar-refractivity contribution is 6.73. The van der Waals surface area contributed by atoms with E-state index in [0.717, 1.165) is 0 Å². The summed E-state index contributed by atoms with van der Waals surface area (Å²) in [5, 5.41) is 0. The van der Waals surface area contributed by atoms with Crippen LogP contribution in [-0.4, -0.2) is 56.0 Å². The van der Waals surface area contributed by atoms with Gasteiger partial charge < -0.3 is 17.8 Å². The molecule has 0 heterocycles. The maximum Gasteiger partial charge on any atom is 0.389 e. The summed E-state index contributed by atoms with van der Waals surface area (Å²) in [5.74, 6) is 0. The first-order valence-corrected chi connectivity index (χ1v) is 12.1. The highest BCUT2D eigenvalue weighted by Gasteiger charge is 2.44. The maximum absolute atomic E-state index is 12.3. The third kappa shape index (κ3) is 14.7. The van der Waals surface area contributed by atoms with Crippen LogP contribution in [0, 0.1) is 0 Å². The highest BCUT2D eigenvalue weighted by atomic mass is 28.4. The van der Waals surface area contributed by atoms with Gasteiger partial charge in [-0.15, -0.1) is 0 Å². The maximum atomic E-state index is 12.3. The molecule has 16 heteroatoms. The van der Waals surface area contributed by atoms with Crippen LogP contribution in [0.25, 0.3) is 0 Å². The zero-order valence-corrected chi connectivity index (χ0v) is 16.2. The van der Waals surface area contributed by atoms with E-state index in [1.807, 2.05) is 0 Å². The molecule has 0 aromatic carbocycles. The summed E-state index contributed by atoms with van der Waals surface area (Å²) in [4.78, 5) is 18.8. The minimum Gasteiger partial charge on any atom is -0.422 e. The average Bonchev–Trinajstić information content (AvgIpc) is 2.39. The van der Waals surface area contributed by atoms with Crippen LogP contribution in [0.5, 0.6) is 0 Å². The van der Waals surface area contributed by atoms with Crippen molar-refractivity contribution < 1.29 is 57.3 Å². The van der Waals surface area contributed by atoms with Crippen LogP contribution in [0.15, 0.2) is 0 Å². The van der Waals surface area contributed by atoms with E-state index in [2.05, 4.69) is 4.12 Å². The molecule has 0 aliphatic rings. The van der Waals surface area contributed by atoms with Crippen molar-refractivity contribution in [3.8, 4) is 0 Å². The Hall–Kier alpha value is -0.139. The first-order chi connectivity index (χ1) is 11.1. The van der Waals surface area contributed by atoms with E-state index in [4.69, 9.17) is 8.91 Å². The van der Waals surface area contributed by atoms with E-state index < -0.39 is 83.8 Å². The molecule has 0 aliphatic carbocycles. The molecule has 25 heavy (non-hydrogen) atoms. The summed E-state index contributed by atoms with van der Waals surface area (Å²) in [7, 11) is -10.4. The van der Waals surface area contributed by atoms with Gasteiger partial charge in [-0.1, -0.05) is 0 Å². The Morgan fingerprint density at radius 1 is 0.800 bits per heavy atom. The molecule has 1 atom stereocenters. The highest BCUT2D eigenvalue weighted by Crippen LogP contribution is 2.33. The second-order valence-corrected chi connectivity index (χ2v) is 12.0. The summed E-state index contributed by atoms with van der Waals surface area (Å²) in [6, 6.07) is -3.14. The lowest BCUT2D eigenvalue weighted by Crippen LogP contribution is -2.47. The van der Waals surface area contributed by atoms with Crippen LogP contribution < -0.4 is 0 Å². The normalized spacial score (nSPS) is 16.0. The van der Waals surface area contributed by atoms with Gasteiger partial charge in [0.2, 0.25) is 0 Å². The Labute approximate surface area is 142 Å². The molecule has 0 radical (unpaired) electrons. The lowest BCUT2D eigenvalue weighted by molar-refractivity contribution is -0.133. The van der Waals surface area contributed by atoms with Crippen LogP contribution in [0.3, 0.4) is 0 Å². The zero-order chi connectivity index (χ0) is 19.9. The molecule has 0 amide bonds. The quantitative estimate of drug-likeness (QED) is 0.402. The Kier molecular flexibility index (Phi) is 9.64. The van der Waals surface area contributed by atoms with Gasteiger partial charge >= 0.3 is 36.4 Å². The fourth-order valence-electron chi connectivity index (χ4n) is 1.70. The number of rotatable bonds is 10. The third-order valence-corrected chi connectivity index (χ3v) is 10.6. The lowest BCUT2D eigenvalue weighted by atomic mass is 10.5. The second kappa shape index (κ2) is 9.70. The van der Waals surface area contributed by atoms with Crippen molar-refractivity contribution in [1.82, 2.24) is 0 Å².